The number of amides is 1. The average Bonchev–Trinajstić information content (AvgIpc) is 2.59. The number of halogens is 1. The van der Waals surface area contributed by atoms with E-state index >= 15 is 0 Å². The lowest BCUT2D eigenvalue weighted by atomic mass is 10.2. The predicted molar refractivity (Wildman–Crippen MR) is 48.8 cm³/mol. The molecule has 1 aliphatic heterocycles. The molecular formula is C9H9ClN2O. The van der Waals surface area contributed by atoms with Gasteiger partial charge in [-0.3, -0.25) is 4.79 Å². The number of likely N-dealkylation sites (tertiary alicyclic amines) is 1. The Morgan fingerprint density at radius 3 is 2.69 bits per heavy atom. The molecule has 1 aliphatic rings. The number of carbonyl (C=O) groups excluding carboxylic acids is 1. The van der Waals surface area contributed by atoms with Crippen molar-refractivity contribution >= 4 is 17.5 Å². The maximum atomic E-state index is 11.3. The van der Waals surface area contributed by atoms with Gasteiger partial charge in [0.2, 0.25) is 5.91 Å². The maximum absolute atomic E-state index is 11.3. The molecule has 0 bridgehead atoms. The zero-order chi connectivity index (χ0) is 9.84. The van der Waals surface area contributed by atoms with E-state index in [1.165, 1.54) is 4.90 Å². The summed E-state index contributed by atoms with van der Waals surface area (Å²) in [5.74, 6) is 2.12. The summed E-state index contributed by atoms with van der Waals surface area (Å²) >= 11 is 5.41. The molecule has 68 valence electrons. The average molecular weight is 197 g/mol. The van der Waals surface area contributed by atoms with Crippen LogP contribution in [0.1, 0.15) is 12.8 Å². The monoisotopic (exact) mass is 196 g/mol. The lowest BCUT2D eigenvalue weighted by Crippen LogP contribution is -2.40. The van der Waals surface area contributed by atoms with E-state index in [0.717, 1.165) is 0 Å². The summed E-state index contributed by atoms with van der Waals surface area (Å²) < 4.78 is 0. The first-order chi connectivity index (χ1) is 6.24. The number of terminal acetylenes is 1. The Labute approximate surface area is 82.3 Å². The van der Waals surface area contributed by atoms with Crippen molar-refractivity contribution in [3.63, 3.8) is 0 Å². The highest BCUT2D eigenvalue weighted by Crippen LogP contribution is 2.23. The van der Waals surface area contributed by atoms with E-state index in [-0.39, 0.29) is 17.8 Å². The van der Waals surface area contributed by atoms with Crippen molar-refractivity contribution < 1.29 is 4.79 Å². The molecule has 1 rings (SSSR count). The van der Waals surface area contributed by atoms with Crippen LogP contribution in [0.15, 0.2) is 0 Å². The van der Waals surface area contributed by atoms with E-state index in [9.17, 15) is 4.79 Å². The van der Waals surface area contributed by atoms with Crippen molar-refractivity contribution in [1.82, 2.24) is 4.90 Å². The van der Waals surface area contributed by atoms with E-state index < -0.39 is 6.04 Å². The zero-order valence-electron chi connectivity index (χ0n) is 7.03. The van der Waals surface area contributed by atoms with Crippen LogP contribution in [0.4, 0.5) is 0 Å². The van der Waals surface area contributed by atoms with Gasteiger partial charge in [0.25, 0.3) is 0 Å². The number of nitriles is 1. The van der Waals surface area contributed by atoms with E-state index in [1.807, 2.05) is 6.07 Å². The van der Waals surface area contributed by atoms with Crippen molar-refractivity contribution in [2.75, 3.05) is 5.88 Å². The van der Waals surface area contributed by atoms with Gasteiger partial charge in [-0.15, -0.1) is 18.0 Å². The molecule has 4 heteroatoms. The third kappa shape index (κ3) is 1.76. The summed E-state index contributed by atoms with van der Waals surface area (Å²) in [4.78, 5) is 12.7. The van der Waals surface area contributed by atoms with E-state index in [0.29, 0.717) is 12.8 Å². The predicted octanol–water partition coefficient (Wildman–Crippen LogP) is 0.742. The number of hydrogen-bond donors (Lipinski definition) is 0. The summed E-state index contributed by atoms with van der Waals surface area (Å²) in [5.41, 5.74) is 0. The minimum atomic E-state index is -0.396. The molecule has 0 N–H and O–H groups in total. The molecule has 0 aromatic heterocycles. The zero-order valence-corrected chi connectivity index (χ0v) is 7.79. The first kappa shape index (κ1) is 9.89. The lowest BCUT2D eigenvalue weighted by Gasteiger charge is -2.22. The normalized spacial score (nSPS) is 26.5. The third-order valence-electron chi connectivity index (χ3n) is 2.13. The highest BCUT2D eigenvalue weighted by molar-refractivity contribution is 6.27. The fraction of sp³-hybridized carbons (Fsp3) is 0.556. The van der Waals surface area contributed by atoms with Gasteiger partial charge in [0.15, 0.2) is 0 Å². The molecular weight excluding hydrogens is 188 g/mol. The van der Waals surface area contributed by atoms with Crippen LogP contribution in [0.2, 0.25) is 0 Å². The van der Waals surface area contributed by atoms with Gasteiger partial charge in [-0.2, -0.15) is 5.26 Å². The van der Waals surface area contributed by atoms with Gasteiger partial charge >= 0.3 is 0 Å². The molecule has 0 saturated carbocycles. The summed E-state index contributed by atoms with van der Waals surface area (Å²) in [6.45, 7) is 0. The second kappa shape index (κ2) is 4.16. The smallest absolute Gasteiger partial charge is 0.239 e. The van der Waals surface area contributed by atoms with Crippen LogP contribution in [0.3, 0.4) is 0 Å². The van der Waals surface area contributed by atoms with Crippen LogP contribution < -0.4 is 0 Å². The fourth-order valence-electron chi connectivity index (χ4n) is 1.52. The van der Waals surface area contributed by atoms with Gasteiger partial charge in [0.05, 0.1) is 12.1 Å². The Balaban J connectivity index is 2.82. The molecule has 0 aromatic rings. The van der Waals surface area contributed by atoms with Gasteiger partial charge in [-0.1, -0.05) is 5.92 Å². The van der Waals surface area contributed by atoms with Gasteiger partial charge in [0, 0.05) is 0 Å². The molecule has 1 amide bonds. The first-order valence-electron chi connectivity index (χ1n) is 3.97. The number of hydrogen-bond acceptors (Lipinski definition) is 2. The Kier molecular flexibility index (Phi) is 3.17. The van der Waals surface area contributed by atoms with Crippen molar-refractivity contribution in [2.24, 2.45) is 0 Å². The largest absolute Gasteiger partial charge is 0.312 e. The van der Waals surface area contributed by atoms with Crippen LogP contribution in [0.25, 0.3) is 0 Å². The second-order valence-corrected chi connectivity index (χ2v) is 3.11. The maximum Gasteiger partial charge on any atom is 0.239 e. The Morgan fingerprint density at radius 1 is 1.62 bits per heavy atom. The number of carbonyl (C=O) groups is 1. The van der Waals surface area contributed by atoms with Crippen molar-refractivity contribution in [2.45, 2.75) is 24.9 Å². The molecule has 0 radical (unpaired) electrons. The molecule has 1 heterocycles. The SMILES string of the molecule is C#C[C@@H]1CC[C@H](C#N)N1C(=O)CCl. The van der Waals surface area contributed by atoms with Crippen LogP contribution in [0, 0.1) is 23.7 Å². The van der Waals surface area contributed by atoms with Gasteiger partial charge in [-0.25, -0.2) is 0 Å². The topological polar surface area (TPSA) is 44.1 Å². The second-order valence-electron chi connectivity index (χ2n) is 2.84. The van der Waals surface area contributed by atoms with Crippen molar-refractivity contribution in [1.29, 1.82) is 5.26 Å². The van der Waals surface area contributed by atoms with Crippen molar-refractivity contribution in [3.8, 4) is 18.4 Å². The molecule has 0 aromatic carbocycles. The highest BCUT2D eigenvalue weighted by atomic mass is 35.5. The first-order valence-corrected chi connectivity index (χ1v) is 4.51. The Hall–Kier alpha value is -1.19. The quantitative estimate of drug-likeness (QED) is 0.459. The summed E-state index contributed by atoms with van der Waals surface area (Å²) in [7, 11) is 0. The standard InChI is InChI=1S/C9H9ClN2O/c1-2-7-3-4-8(6-11)12(7)9(13)5-10/h1,7-8H,3-5H2/t7-,8-/m1/s1. The third-order valence-corrected chi connectivity index (χ3v) is 2.36. The van der Waals surface area contributed by atoms with E-state index in [2.05, 4.69) is 5.92 Å². The van der Waals surface area contributed by atoms with Gasteiger partial charge in [0.1, 0.15) is 11.9 Å². The fourth-order valence-corrected chi connectivity index (χ4v) is 1.66. The summed E-state index contributed by atoms with van der Waals surface area (Å²) in [5, 5.41) is 8.74. The molecule has 2 atom stereocenters. The minimum Gasteiger partial charge on any atom is -0.312 e. The van der Waals surface area contributed by atoms with E-state index in [1.54, 1.807) is 0 Å². The number of alkyl halides is 1. The number of nitrogens with zero attached hydrogens (tertiary/aromatic N) is 2. The van der Waals surface area contributed by atoms with Crippen LogP contribution in [-0.4, -0.2) is 28.8 Å². The van der Waals surface area contributed by atoms with Gasteiger partial charge < -0.3 is 4.90 Å². The molecule has 0 aliphatic carbocycles. The highest BCUT2D eigenvalue weighted by Gasteiger charge is 2.35. The summed E-state index contributed by atoms with van der Waals surface area (Å²) in [6.07, 6.45) is 6.58. The lowest BCUT2D eigenvalue weighted by molar-refractivity contribution is -0.129. The van der Waals surface area contributed by atoms with Crippen molar-refractivity contribution in [3.05, 3.63) is 0 Å². The Bertz CT molecular complexity index is 267. The van der Waals surface area contributed by atoms with Crippen LogP contribution in [0.5, 0.6) is 0 Å². The van der Waals surface area contributed by atoms with Gasteiger partial charge in [-0.05, 0) is 12.8 Å². The number of rotatable bonds is 1. The molecule has 1 fully saturated rings. The Morgan fingerprint density at radius 2 is 2.23 bits per heavy atom. The minimum absolute atomic E-state index is 0.115. The van der Waals surface area contributed by atoms with Crippen LogP contribution in [-0.2, 0) is 4.79 Å². The van der Waals surface area contributed by atoms with E-state index in [4.69, 9.17) is 23.3 Å². The molecule has 0 unspecified atom stereocenters. The summed E-state index contributed by atoms with van der Waals surface area (Å²) in [6, 6.07) is 1.39. The van der Waals surface area contributed by atoms with Crippen LogP contribution >= 0.6 is 11.6 Å². The molecule has 0 spiro atoms. The molecule has 3 nitrogen and oxygen atoms in total. The molecule has 1 saturated heterocycles. The molecule has 13 heavy (non-hydrogen) atoms.